The van der Waals surface area contributed by atoms with Crippen molar-refractivity contribution in [2.75, 3.05) is 0 Å². The summed E-state index contributed by atoms with van der Waals surface area (Å²) in [6, 6.07) is 9.02. The molecule has 2 saturated carbocycles. The van der Waals surface area contributed by atoms with Gasteiger partial charge in [-0.25, -0.2) is 0 Å². The molecule has 0 aliphatic heterocycles. The summed E-state index contributed by atoms with van der Waals surface area (Å²) >= 11 is 3.96. The third-order valence-corrected chi connectivity index (χ3v) is 6.98. The van der Waals surface area contributed by atoms with Crippen LogP contribution in [0, 0.1) is 23.7 Å². The standard InChI is InChI=1S/C17H21Br/c18-17-15(9-13-3-1-2-4-16(13)17)10-14-8-11-5-6-12(14)7-11/h1-4,11-12,14-15,17H,5-10H2. The van der Waals surface area contributed by atoms with Crippen molar-refractivity contribution in [1.29, 1.82) is 0 Å². The zero-order chi connectivity index (χ0) is 12.1. The van der Waals surface area contributed by atoms with Crippen LogP contribution in [0.2, 0.25) is 0 Å². The van der Waals surface area contributed by atoms with Crippen molar-refractivity contribution in [3.05, 3.63) is 35.4 Å². The molecule has 96 valence electrons. The van der Waals surface area contributed by atoms with E-state index in [1.807, 2.05) is 0 Å². The molecule has 0 aromatic heterocycles. The lowest BCUT2D eigenvalue weighted by molar-refractivity contribution is 0.270. The van der Waals surface area contributed by atoms with E-state index in [1.165, 1.54) is 32.1 Å². The summed E-state index contributed by atoms with van der Waals surface area (Å²) in [6.07, 6.45) is 8.92. The second kappa shape index (κ2) is 4.37. The summed E-state index contributed by atoms with van der Waals surface area (Å²) in [6.45, 7) is 0. The number of halogens is 1. The molecule has 0 saturated heterocycles. The highest BCUT2D eigenvalue weighted by atomic mass is 79.9. The highest BCUT2D eigenvalue weighted by molar-refractivity contribution is 9.09. The number of alkyl halides is 1. The molecule has 1 aromatic rings. The number of fused-ring (bicyclic) bond motifs is 3. The van der Waals surface area contributed by atoms with Gasteiger partial charge < -0.3 is 0 Å². The van der Waals surface area contributed by atoms with Crippen molar-refractivity contribution in [2.45, 2.75) is 43.4 Å². The normalized spacial score (nSPS) is 41.3. The Kier molecular flexibility index (Phi) is 2.80. The molecule has 4 rings (SSSR count). The van der Waals surface area contributed by atoms with Gasteiger partial charge in [-0.1, -0.05) is 46.6 Å². The van der Waals surface area contributed by atoms with Crippen LogP contribution < -0.4 is 0 Å². The summed E-state index contributed by atoms with van der Waals surface area (Å²) in [5.41, 5.74) is 3.15. The zero-order valence-electron chi connectivity index (χ0n) is 10.8. The quantitative estimate of drug-likeness (QED) is 0.665. The molecule has 18 heavy (non-hydrogen) atoms. The number of rotatable bonds is 2. The predicted octanol–water partition coefficient (Wildman–Crippen LogP) is 5.12. The van der Waals surface area contributed by atoms with Crippen molar-refractivity contribution in [3.8, 4) is 0 Å². The van der Waals surface area contributed by atoms with Gasteiger partial charge in [0, 0.05) is 4.83 Å². The van der Waals surface area contributed by atoms with E-state index in [0.29, 0.717) is 4.83 Å². The molecule has 1 heteroatoms. The van der Waals surface area contributed by atoms with Crippen molar-refractivity contribution < 1.29 is 0 Å². The summed E-state index contributed by atoms with van der Waals surface area (Å²) < 4.78 is 0. The molecule has 3 aliphatic carbocycles. The first-order valence-corrected chi connectivity index (χ1v) is 8.44. The molecule has 0 nitrogen and oxygen atoms in total. The Hall–Kier alpha value is -0.300. The first-order valence-electron chi connectivity index (χ1n) is 7.53. The van der Waals surface area contributed by atoms with Gasteiger partial charge in [0.1, 0.15) is 0 Å². The molecule has 2 bridgehead atoms. The lowest BCUT2D eigenvalue weighted by atomic mass is 9.81. The highest BCUT2D eigenvalue weighted by Crippen LogP contribution is 2.53. The van der Waals surface area contributed by atoms with E-state index in [1.54, 1.807) is 17.5 Å². The molecule has 0 N–H and O–H groups in total. The summed E-state index contributed by atoms with van der Waals surface area (Å²) in [7, 11) is 0. The van der Waals surface area contributed by atoms with Crippen LogP contribution in [0.4, 0.5) is 0 Å². The fourth-order valence-electron chi connectivity index (χ4n) is 4.89. The Balaban J connectivity index is 1.48. The first kappa shape index (κ1) is 11.5. The zero-order valence-corrected chi connectivity index (χ0v) is 12.4. The molecule has 5 unspecified atom stereocenters. The number of hydrogen-bond acceptors (Lipinski definition) is 0. The molecule has 2 fully saturated rings. The molecule has 0 heterocycles. The molecule has 0 radical (unpaired) electrons. The molecular weight excluding hydrogens is 284 g/mol. The maximum Gasteiger partial charge on any atom is 0.0429 e. The lowest BCUT2D eigenvalue weighted by Gasteiger charge is -2.26. The van der Waals surface area contributed by atoms with Crippen molar-refractivity contribution in [3.63, 3.8) is 0 Å². The monoisotopic (exact) mass is 304 g/mol. The summed E-state index contributed by atoms with van der Waals surface area (Å²) in [5, 5.41) is 0. The van der Waals surface area contributed by atoms with Gasteiger partial charge in [0.25, 0.3) is 0 Å². The molecule has 3 aliphatic rings. The SMILES string of the molecule is BrC1c2ccccc2CC1CC1CC2CCC1C2. The van der Waals surface area contributed by atoms with Crippen LogP contribution in [-0.4, -0.2) is 0 Å². The van der Waals surface area contributed by atoms with Gasteiger partial charge in [-0.3, -0.25) is 0 Å². The van der Waals surface area contributed by atoms with Crippen LogP contribution in [0.5, 0.6) is 0 Å². The van der Waals surface area contributed by atoms with E-state index in [2.05, 4.69) is 40.2 Å². The predicted molar refractivity (Wildman–Crippen MR) is 78.9 cm³/mol. The van der Waals surface area contributed by atoms with Gasteiger partial charge in [0.05, 0.1) is 0 Å². The molecule has 1 aromatic carbocycles. The second-order valence-electron chi connectivity index (χ2n) is 6.74. The van der Waals surface area contributed by atoms with Gasteiger partial charge >= 0.3 is 0 Å². The van der Waals surface area contributed by atoms with Gasteiger partial charge in [-0.05, 0) is 66.9 Å². The average molecular weight is 305 g/mol. The Bertz CT molecular complexity index is 453. The van der Waals surface area contributed by atoms with Crippen LogP contribution >= 0.6 is 15.9 Å². The van der Waals surface area contributed by atoms with Crippen molar-refractivity contribution >= 4 is 15.9 Å². The fourth-order valence-corrected chi connectivity index (χ4v) is 5.74. The van der Waals surface area contributed by atoms with Crippen molar-refractivity contribution in [2.24, 2.45) is 23.7 Å². The van der Waals surface area contributed by atoms with E-state index in [4.69, 9.17) is 0 Å². The van der Waals surface area contributed by atoms with Gasteiger partial charge in [-0.2, -0.15) is 0 Å². The fraction of sp³-hybridized carbons (Fsp3) is 0.647. The molecular formula is C17H21Br. The topological polar surface area (TPSA) is 0 Å². The van der Waals surface area contributed by atoms with Crippen LogP contribution in [-0.2, 0) is 6.42 Å². The lowest BCUT2D eigenvalue weighted by Crippen LogP contribution is -2.16. The minimum atomic E-state index is 0.618. The van der Waals surface area contributed by atoms with Crippen LogP contribution in [0.1, 0.15) is 48.1 Å². The van der Waals surface area contributed by atoms with Crippen LogP contribution in [0.25, 0.3) is 0 Å². The van der Waals surface area contributed by atoms with Crippen LogP contribution in [0.15, 0.2) is 24.3 Å². The summed E-state index contributed by atoms with van der Waals surface area (Å²) in [5.74, 6) is 4.07. The Labute approximate surface area is 118 Å². The molecule has 0 amide bonds. The Morgan fingerprint density at radius 1 is 1.06 bits per heavy atom. The summed E-state index contributed by atoms with van der Waals surface area (Å²) in [4.78, 5) is 0.618. The van der Waals surface area contributed by atoms with Gasteiger partial charge in [-0.15, -0.1) is 0 Å². The average Bonchev–Trinajstić information content (AvgIpc) is 3.06. The largest absolute Gasteiger partial charge is 0.0836 e. The first-order chi connectivity index (χ1) is 8.81. The van der Waals surface area contributed by atoms with E-state index in [-0.39, 0.29) is 0 Å². The van der Waals surface area contributed by atoms with E-state index < -0.39 is 0 Å². The molecule has 0 spiro atoms. The minimum absolute atomic E-state index is 0.618. The van der Waals surface area contributed by atoms with Crippen LogP contribution in [0.3, 0.4) is 0 Å². The maximum absolute atomic E-state index is 3.96. The third kappa shape index (κ3) is 1.78. The Morgan fingerprint density at radius 2 is 1.94 bits per heavy atom. The maximum atomic E-state index is 3.96. The van der Waals surface area contributed by atoms with E-state index in [0.717, 1.165) is 23.7 Å². The van der Waals surface area contributed by atoms with Gasteiger partial charge in [0.15, 0.2) is 0 Å². The smallest absolute Gasteiger partial charge is 0.0429 e. The number of hydrogen-bond donors (Lipinski definition) is 0. The number of benzene rings is 1. The Morgan fingerprint density at radius 3 is 2.67 bits per heavy atom. The second-order valence-corrected chi connectivity index (χ2v) is 7.72. The van der Waals surface area contributed by atoms with E-state index in [9.17, 15) is 0 Å². The molecule has 5 atom stereocenters. The minimum Gasteiger partial charge on any atom is -0.0836 e. The highest BCUT2D eigenvalue weighted by Gasteiger charge is 2.42. The van der Waals surface area contributed by atoms with Gasteiger partial charge in [0.2, 0.25) is 0 Å². The third-order valence-electron chi connectivity index (χ3n) is 5.74. The van der Waals surface area contributed by atoms with Crippen molar-refractivity contribution in [1.82, 2.24) is 0 Å². The van der Waals surface area contributed by atoms with E-state index >= 15 is 0 Å².